The predicted molar refractivity (Wildman–Crippen MR) is 335 cm³/mol. The molecule has 0 amide bonds. The van der Waals surface area contributed by atoms with Gasteiger partial charge in [-0.2, -0.15) is 0 Å². The topological polar surface area (TPSA) is 6.48 Å². The fourth-order valence-electron chi connectivity index (χ4n) is 12.1. The Morgan fingerprint density at radius 1 is 0.141 bits per heavy atom. The van der Waals surface area contributed by atoms with Crippen LogP contribution in [-0.2, 0) is 0 Å². The highest BCUT2D eigenvalue weighted by molar-refractivity contribution is 6.22. The fourth-order valence-corrected chi connectivity index (χ4v) is 12.1. The summed E-state index contributed by atoms with van der Waals surface area (Å²) in [6, 6.07) is 111. The molecule has 0 aromatic heterocycles. The highest BCUT2D eigenvalue weighted by Gasteiger charge is 2.17. The minimum Gasteiger partial charge on any atom is -0.311 e. The molecule has 15 aromatic carbocycles. The lowest BCUT2D eigenvalue weighted by Crippen LogP contribution is -2.10. The Morgan fingerprint density at radius 2 is 0.449 bits per heavy atom. The van der Waals surface area contributed by atoms with E-state index in [1.165, 1.54) is 97.7 Å². The van der Waals surface area contributed by atoms with Gasteiger partial charge in [-0.25, -0.2) is 0 Å². The Balaban J connectivity index is 0.718. The van der Waals surface area contributed by atoms with E-state index in [9.17, 15) is 0 Å². The van der Waals surface area contributed by atoms with Crippen molar-refractivity contribution in [1.29, 1.82) is 0 Å². The van der Waals surface area contributed by atoms with Gasteiger partial charge in [0.15, 0.2) is 0 Å². The number of benzene rings is 15. The van der Waals surface area contributed by atoms with Crippen molar-refractivity contribution in [2.24, 2.45) is 0 Å². The molecule has 2 nitrogen and oxygen atoms in total. The van der Waals surface area contributed by atoms with Gasteiger partial charge in [-0.15, -0.1) is 0 Å². The average Bonchev–Trinajstić information content (AvgIpc) is 3.52. The molecule has 0 unspecified atom stereocenters. The minimum atomic E-state index is 1.09. The first-order chi connectivity index (χ1) is 38.6. The SMILES string of the molecule is c1ccc(N(c2ccc(-c3cccc(N(c4ccccc4)c4ccc(-c5ccc6c(ccc7c6ccc6c8ccccc8ccc67)c5)cc4)c3)cc2)c2ccc(-c3ccc4ccc5c6ccccc6ccc5c4c3)cc2)cc1. The monoisotopic (exact) mass is 990 g/mol. The number of para-hydroxylation sites is 2. The first kappa shape index (κ1) is 45.1. The van der Waals surface area contributed by atoms with Crippen LogP contribution in [0, 0.1) is 0 Å². The molecule has 0 radical (unpaired) electrons. The summed E-state index contributed by atoms with van der Waals surface area (Å²) in [7, 11) is 0. The summed E-state index contributed by atoms with van der Waals surface area (Å²) in [5, 5.41) is 17.9. The first-order valence-corrected chi connectivity index (χ1v) is 26.9. The van der Waals surface area contributed by atoms with Crippen LogP contribution in [0.1, 0.15) is 0 Å². The van der Waals surface area contributed by atoms with Crippen molar-refractivity contribution >= 4 is 110 Å². The molecule has 0 bridgehead atoms. The molecule has 0 aliphatic heterocycles. The quantitative estimate of drug-likeness (QED) is 0.133. The summed E-state index contributed by atoms with van der Waals surface area (Å²) < 4.78 is 0. The number of fused-ring (bicyclic) bond motifs is 12. The van der Waals surface area contributed by atoms with Crippen molar-refractivity contribution in [2.75, 3.05) is 9.80 Å². The molecule has 0 fully saturated rings. The lowest BCUT2D eigenvalue weighted by molar-refractivity contribution is 1.28. The zero-order valence-electron chi connectivity index (χ0n) is 42.8. The molecule has 0 heterocycles. The normalized spacial score (nSPS) is 11.6. The lowest BCUT2D eigenvalue weighted by atomic mass is 9.93. The zero-order valence-corrected chi connectivity index (χ0v) is 42.8. The van der Waals surface area contributed by atoms with E-state index in [1.807, 2.05) is 0 Å². The van der Waals surface area contributed by atoms with E-state index in [0.29, 0.717) is 0 Å². The van der Waals surface area contributed by atoms with Crippen LogP contribution in [0.2, 0.25) is 0 Å². The van der Waals surface area contributed by atoms with Crippen molar-refractivity contribution in [2.45, 2.75) is 0 Å². The van der Waals surface area contributed by atoms with E-state index in [1.54, 1.807) is 0 Å². The molecule has 0 saturated carbocycles. The molecule has 15 aromatic rings. The van der Waals surface area contributed by atoms with Gasteiger partial charge in [-0.05, 0) is 194 Å². The van der Waals surface area contributed by atoms with Crippen LogP contribution in [0.5, 0.6) is 0 Å². The van der Waals surface area contributed by atoms with Crippen LogP contribution in [0.3, 0.4) is 0 Å². The Kier molecular flexibility index (Phi) is 10.9. The minimum absolute atomic E-state index is 1.09. The standard InChI is InChI=1S/C76H50N2/c1-3-15-61(16-4-1)77(64-37-28-53(29-38-64)59-23-22-56-32-42-70-67-20-9-7-13-55(67)31-44-75(70)76(56)50-59)63-35-24-51(25-36-63)57-14-11-19-66(49-57)78(62-17-5-2-6-18-62)65-39-26-52(27-40-65)58-33-41-69-60(48-58)34-45-74-72(69)47-46-71-68-21-10-8-12-54(68)30-43-73(71)74/h1-50H. The van der Waals surface area contributed by atoms with Gasteiger partial charge in [0.2, 0.25) is 0 Å². The second-order valence-electron chi connectivity index (χ2n) is 20.5. The van der Waals surface area contributed by atoms with Gasteiger partial charge in [0.1, 0.15) is 0 Å². The maximum absolute atomic E-state index is 2.36. The van der Waals surface area contributed by atoms with Crippen LogP contribution in [0.25, 0.3) is 109 Å². The number of hydrogen-bond acceptors (Lipinski definition) is 2. The van der Waals surface area contributed by atoms with Crippen molar-refractivity contribution in [1.82, 2.24) is 0 Å². The Morgan fingerprint density at radius 3 is 0.974 bits per heavy atom. The molecule has 0 N–H and O–H groups in total. The smallest absolute Gasteiger partial charge is 0.0467 e. The highest BCUT2D eigenvalue weighted by atomic mass is 15.1. The van der Waals surface area contributed by atoms with Gasteiger partial charge in [0, 0.05) is 34.1 Å². The van der Waals surface area contributed by atoms with Crippen LogP contribution >= 0.6 is 0 Å². The molecule has 78 heavy (non-hydrogen) atoms. The van der Waals surface area contributed by atoms with Gasteiger partial charge in [-0.3, -0.25) is 0 Å². The first-order valence-electron chi connectivity index (χ1n) is 26.9. The summed E-state index contributed by atoms with van der Waals surface area (Å²) in [4.78, 5) is 4.69. The van der Waals surface area contributed by atoms with Gasteiger partial charge in [0.25, 0.3) is 0 Å². The predicted octanol–water partition coefficient (Wildman–Crippen LogP) is 21.7. The van der Waals surface area contributed by atoms with E-state index < -0.39 is 0 Å². The number of rotatable bonds is 9. The van der Waals surface area contributed by atoms with Gasteiger partial charge in [0.05, 0.1) is 0 Å². The van der Waals surface area contributed by atoms with E-state index >= 15 is 0 Å². The molecule has 15 rings (SSSR count). The van der Waals surface area contributed by atoms with E-state index in [-0.39, 0.29) is 0 Å². The maximum atomic E-state index is 2.36. The summed E-state index contributed by atoms with van der Waals surface area (Å²) in [6.07, 6.45) is 0. The largest absolute Gasteiger partial charge is 0.311 e. The molecular weight excluding hydrogens is 941 g/mol. The third-order valence-corrected chi connectivity index (χ3v) is 16.0. The molecular formula is C76H50N2. The highest BCUT2D eigenvalue weighted by Crippen LogP contribution is 2.42. The third kappa shape index (κ3) is 7.90. The molecule has 364 valence electrons. The van der Waals surface area contributed by atoms with Gasteiger partial charge < -0.3 is 9.80 Å². The molecule has 0 saturated heterocycles. The molecule has 0 spiro atoms. The molecule has 0 aliphatic rings. The fraction of sp³-hybridized carbons (Fsp3) is 0. The van der Waals surface area contributed by atoms with E-state index in [0.717, 1.165) is 45.3 Å². The third-order valence-electron chi connectivity index (χ3n) is 16.0. The molecule has 2 heteroatoms. The van der Waals surface area contributed by atoms with Crippen molar-refractivity contribution in [3.05, 3.63) is 303 Å². The van der Waals surface area contributed by atoms with Gasteiger partial charge >= 0.3 is 0 Å². The van der Waals surface area contributed by atoms with E-state index in [4.69, 9.17) is 0 Å². The number of hydrogen-bond donors (Lipinski definition) is 0. The van der Waals surface area contributed by atoms with Crippen LogP contribution < -0.4 is 9.80 Å². The summed E-state index contributed by atoms with van der Waals surface area (Å²) in [6.45, 7) is 0. The van der Waals surface area contributed by atoms with Gasteiger partial charge in [-0.1, -0.05) is 218 Å². The number of anilines is 6. The van der Waals surface area contributed by atoms with Crippen molar-refractivity contribution < 1.29 is 0 Å². The molecule has 0 aliphatic carbocycles. The van der Waals surface area contributed by atoms with E-state index in [2.05, 4.69) is 313 Å². The average molecular weight is 991 g/mol. The zero-order chi connectivity index (χ0) is 51.5. The lowest BCUT2D eigenvalue weighted by Gasteiger charge is -2.27. The summed E-state index contributed by atoms with van der Waals surface area (Å²) >= 11 is 0. The number of nitrogens with zero attached hydrogens (tertiary/aromatic N) is 2. The second kappa shape index (κ2) is 18.8. The Bertz CT molecular complexity index is 4760. The van der Waals surface area contributed by atoms with Crippen LogP contribution in [0.4, 0.5) is 34.1 Å². The molecule has 0 atom stereocenters. The van der Waals surface area contributed by atoms with Crippen LogP contribution in [-0.4, -0.2) is 0 Å². The summed E-state index contributed by atoms with van der Waals surface area (Å²) in [5.74, 6) is 0. The van der Waals surface area contributed by atoms with Crippen molar-refractivity contribution in [3.63, 3.8) is 0 Å². The van der Waals surface area contributed by atoms with Crippen LogP contribution in [0.15, 0.2) is 303 Å². The second-order valence-corrected chi connectivity index (χ2v) is 20.5. The summed E-state index contributed by atoms with van der Waals surface area (Å²) in [5.41, 5.74) is 13.6. The maximum Gasteiger partial charge on any atom is 0.0467 e. The Labute approximate surface area is 453 Å². The Hall–Kier alpha value is -10.3. The van der Waals surface area contributed by atoms with Crippen molar-refractivity contribution in [3.8, 4) is 33.4 Å².